The van der Waals surface area contributed by atoms with Crippen LogP contribution in [0.3, 0.4) is 0 Å². The first-order valence-corrected chi connectivity index (χ1v) is 8.05. The minimum Gasteiger partial charge on any atom is -0.385 e. The number of fused-ring (bicyclic) bond motifs is 1. The maximum Gasteiger partial charge on any atom is 0.109 e. The normalized spacial score (nSPS) is 15.5. The van der Waals surface area contributed by atoms with E-state index in [2.05, 4.69) is 47.7 Å². The molecule has 0 amide bonds. The van der Waals surface area contributed by atoms with Crippen molar-refractivity contribution in [2.75, 3.05) is 11.9 Å². The Morgan fingerprint density at radius 2 is 2.35 bits per heavy atom. The molecule has 3 rings (SSSR count). The van der Waals surface area contributed by atoms with Crippen LogP contribution in [0.15, 0.2) is 24.4 Å². The lowest BCUT2D eigenvalue weighted by Crippen LogP contribution is -2.18. The fourth-order valence-electron chi connectivity index (χ4n) is 2.57. The van der Waals surface area contributed by atoms with Gasteiger partial charge in [-0.25, -0.2) is 4.98 Å². The number of nitrogens with zero attached hydrogens (tertiary/aromatic N) is 1. The molecule has 0 spiro atoms. The fourth-order valence-corrected chi connectivity index (χ4v) is 3.37. The van der Waals surface area contributed by atoms with E-state index < -0.39 is 0 Å². The molecule has 1 aromatic carbocycles. The summed E-state index contributed by atoms with van der Waals surface area (Å²) < 4.78 is 0. The average Bonchev–Trinajstić information content (AvgIpc) is 2.91. The second kappa shape index (κ2) is 5.94. The van der Waals surface area contributed by atoms with Crippen molar-refractivity contribution in [3.8, 4) is 0 Å². The third kappa shape index (κ3) is 3.02. The van der Waals surface area contributed by atoms with Gasteiger partial charge in [0.2, 0.25) is 0 Å². The number of aryl methyl sites for hydroxylation is 2. The molecule has 1 aromatic heterocycles. The van der Waals surface area contributed by atoms with Gasteiger partial charge in [0.1, 0.15) is 5.01 Å². The molecule has 3 nitrogen and oxygen atoms in total. The van der Waals surface area contributed by atoms with Crippen molar-refractivity contribution in [2.24, 2.45) is 0 Å². The van der Waals surface area contributed by atoms with Gasteiger partial charge in [-0.2, -0.15) is 0 Å². The van der Waals surface area contributed by atoms with Gasteiger partial charge in [-0.05, 0) is 43.9 Å². The number of nitrogens with one attached hydrogen (secondary N) is 2. The predicted molar refractivity (Wildman–Crippen MR) is 85.4 cm³/mol. The number of thiazole rings is 1. The second-order valence-electron chi connectivity index (χ2n) is 5.43. The Morgan fingerprint density at radius 3 is 3.15 bits per heavy atom. The summed E-state index contributed by atoms with van der Waals surface area (Å²) in [5.41, 5.74) is 4.12. The quantitative estimate of drug-likeness (QED) is 0.901. The summed E-state index contributed by atoms with van der Waals surface area (Å²) in [4.78, 5) is 5.72. The maximum atomic E-state index is 4.44. The molecule has 106 valence electrons. The van der Waals surface area contributed by atoms with Crippen molar-refractivity contribution in [1.29, 1.82) is 0 Å². The van der Waals surface area contributed by atoms with E-state index in [0.29, 0.717) is 6.04 Å². The molecular weight excluding hydrogens is 266 g/mol. The third-order valence-corrected chi connectivity index (χ3v) is 4.83. The van der Waals surface area contributed by atoms with Crippen molar-refractivity contribution < 1.29 is 0 Å². The fraction of sp³-hybridized carbons (Fsp3) is 0.438. The van der Waals surface area contributed by atoms with Gasteiger partial charge in [0, 0.05) is 29.9 Å². The first-order valence-electron chi connectivity index (χ1n) is 7.24. The molecule has 1 aliphatic heterocycles. The Labute approximate surface area is 124 Å². The number of hydrogen-bond acceptors (Lipinski definition) is 4. The first kappa shape index (κ1) is 13.6. The summed E-state index contributed by atoms with van der Waals surface area (Å²) in [6.45, 7) is 6.28. The van der Waals surface area contributed by atoms with Gasteiger partial charge in [-0.1, -0.05) is 12.1 Å². The minimum atomic E-state index is 0.308. The van der Waals surface area contributed by atoms with E-state index in [1.807, 2.05) is 6.20 Å². The van der Waals surface area contributed by atoms with Crippen LogP contribution in [0.25, 0.3) is 0 Å². The summed E-state index contributed by atoms with van der Waals surface area (Å²) in [5, 5.41) is 8.19. The predicted octanol–water partition coefficient (Wildman–Crippen LogP) is 3.66. The molecule has 4 heteroatoms. The number of hydrogen-bond donors (Lipinski definition) is 2. The highest BCUT2D eigenvalue weighted by molar-refractivity contribution is 7.11. The average molecular weight is 287 g/mol. The van der Waals surface area contributed by atoms with E-state index in [9.17, 15) is 0 Å². The standard InChI is InChI=1S/C16H21N3S/c1-11-9-19-16(20-11)12(2)18-10-13-5-6-15-14(8-13)4-3-7-17-15/h5-6,8-9,12,17-18H,3-4,7,10H2,1-2H3. The molecule has 1 atom stereocenters. The first-order chi connectivity index (χ1) is 9.72. The number of aromatic nitrogens is 1. The zero-order chi connectivity index (χ0) is 13.9. The minimum absolute atomic E-state index is 0.308. The van der Waals surface area contributed by atoms with Gasteiger partial charge in [0.05, 0.1) is 6.04 Å². The van der Waals surface area contributed by atoms with E-state index in [-0.39, 0.29) is 0 Å². The molecule has 0 aliphatic carbocycles. The second-order valence-corrected chi connectivity index (χ2v) is 6.70. The third-order valence-electron chi connectivity index (χ3n) is 3.73. The molecule has 1 aliphatic rings. The van der Waals surface area contributed by atoms with Crippen LogP contribution in [0.1, 0.15) is 40.4 Å². The van der Waals surface area contributed by atoms with Gasteiger partial charge in [-0.15, -0.1) is 11.3 Å². The van der Waals surface area contributed by atoms with Crippen LogP contribution in [0.4, 0.5) is 5.69 Å². The zero-order valence-corrected chi connectivity index (χ0v) is 12.9. The topological polar surface area (TPSA) is 37.0 Å². The van der Waals surface area contributed by atoms with Gasteiger partial charge in [0.15, 0.2) is 0 Å². The molecule has 20 heavy (non-hydrogen) atoms. The highest BCUT2D eigenvalue weighted by Gasteiger charge is 2.11. The van der Waals surface area contributed by atoms with Crippen molar-refractivity contribution in [3.63, 3.8) is 0 Å². The van der Waals surface area contributed by atoms with E-state index in [4.69, 9.17) is 0 Å². The molecule has 0 saturated heterocycles. The van der Waals surface area contributed by atoms with Gasteiger partial charge in [-0.3, -0.25) is 0 Å². The molecule has 0 radical (unpaired) electrons. The molecule has 2 N–H and O–H groups in total. The SMILES string of the molecule is Cc1cnc(C(C)NCc2ccc3c(c2)CCCN3)s1. The molecule has 1 unspecified atom stereocenters. The Balaban J connectivity index is 1.63. The van der Waals surface area contributed by atoms with Crippen molar-refractivity contribution in [2.45, 2.75) is 39.3 Å². The Kier molecular flexibility index (Phi) is 4.03. The molecular formula is C16H21N3S. The Hall–Kier alpha value is -1.39. The molecule has 0 saturated carbocycles. The van der Waals surface area contributed by atoms with Crippen LogP contribution in [0.2, 0.25) is 0 Å². The summed E-state index contributed by atoms with van der Waals surface area (Å²) in [6, 6.07) is 7.06. The largest absolute Gasteiger partial charge is 0.385 e. The molecule has 2 heterocycles. The van der Waals surface area contributed by atoms with Crippen LogP contribution >= 0.6 is 11.3 Å². The number of benzene rings is 1. The monoisotopic (exact) mass is 287 g/mol. The Morgan fingerprint density at radius 1 is 1.45 bits per heavy atom. The van der Waals surface area contributed by atoms with Crippen LogP contribution < -0.4 is 10.6 Å². The van der Waals surface area contributed by atoms with Gasteiger partial charge < -0.3 is 10.6 Å². The van der Waals surface area contributed by atoms with E-state index >= 15 is 0 Å². The molecule has 0 bridgehead atoms. The summed E-state index contributed by atoms with van der Waals surface area (Å²) in [5.74, 6) is 0. The molecule has 2 aromatic rings. The van der Waals surface area contributed by atoms with Crippen LogP contribution in [0.5, 0.6) is 0 Å². The molecule has 0 fully saturated rings. The van der Waals surface area contributed by atoms with Crippen LogP contribution in [0, 0.1) is 6.92 Å². The summed E-state index contributed by atoms with van der Waals surface area (Å²) in [7, 11) is 0. The maximum absolute atomic E-state index is 4.44. The van der Waals surface area contributed by atoms with E-state index in [1.54, 1.807) is 11.3 Å². The van der Waals surface area contributed by atoms with Crippen molar-refractivity contribution >= 4 is 17.0 Å². The van der Waals surface area contributed by atoms with Crippen LogP contribution in [-0.4, -0.2) is 11.5 Å². The van der Waals surface area contributed by atoms with Crippen molar-refractivity contribution in [3.05, 3.63) is 45.4 Å². The smallest absolute Gasteiger partial charge is 0.109 e. The van der Waals surface area contributed by atoms with Crippen molar-refractivity contribution in [1.82, 2.24) is 10.3 Å². The summed E-state index contributed by atoms with van der Waals surface area (Å²) in [6.07, 6.45) is 4.37. The lowest BCUT2D eigenvalue weighted by atomic mass is 10.0. The lowest BCUT2D eigenvalue weighted by Gasteiger charge is -2.19. The van der Waals surface area contributed by atoms with E-state index in [0.717, 1.165) is 13.1 Å². The zero-order valence-electron chi connectivity index (χ0n) is 12.1. The highest BCUT2D eigenvalue weighted by atomic mass is 32.1. The van der Waals surface area contributed by atoms with Crippen LogP contribution in [-0.2, 0) is 13.0 Å². The van der Waals surface area contributed by atoms with Gasteiger partial charge >= 0.3 is 0 Å². The highest BCUT2D eigenvalue weighted by Crippen LogP contribution is 2.24. The van der Waals surface area contributed by atoms with E-state index in [1.165, 1.54) is 39.5 Å². The lowest BCUT2D eigenvalue weighted by molar-refractivity contribution is 0.571. The summed E-state index contributed by atoms with van der Waals surface area (Å²) >= 11 is 1.77. The van der Waals surface area contributed by atoms with Gasteiger partial charge in [0.25, 0.3) is 0 Å². The Bertz CT molecular complexity index is 591. The number of rotatable bonds is 4. The number of anilines is 1.